The second-order valence-corrected chi connectivity index (χ2v) is 4.69. The molecule has 1 unspecified atom stereocenters. The Morgan fingerprint density at radius 1 is 1.33 bits per heavy atom. The fourth-order valence-corrected chi connectivity index (χ4v) is 2.07. The molecule has 0 saturated carbocycles. The molecule has 1 atom stereocenters. The predicted octanol–water partition coefficient (Wildman–Crippen LogP) is 2.22. The number of anilines is 1. The molecule has 1 aromatic carbocycles. The highest BCUT2D eigenvalue weighted by molar-refractivity contribution is 5.94. The molecule has 0 aliphatic carbocycles. The van der Waals surface area contributed by atoms with Gasteiger partial charge in [-0.2, -0.15) is 4.89 Å². The van der Waals surface area contributed by atoms with E-state index < -0.39 is 12.1 Å². The summed E-state index contributed by atoms with van der Waals surface area (Å²) in [5.41, 5.74) is 1.80. The van der Waals surface area contributed by atoms with E-state index in [0.717, 1.165) is 11.3 Å². The lowest BCUT2D eigenvalue weighted by atomic mass is 10.0. The van der Waals surface area contributed by atoms with Crippen LogP contribution >= 0.6 is 0 Å². The molecule has 114 valence electrons. The average Bonchev–Trinajstić information content (AvgIpc) is 2.50. The van der Waals surface area contributed by atoms with Crippen molar-refractivity contribution in [2.75, 3.05) is 11.9 Å². The zero-order chi connectivity index (χ0) is 15.2. The van der Waals surface area contributed by atoms with E-state index in [1.165, 1.54) is 0 Å². The number of nitrogens with one attached hydrogen (secondary N) is 1. The number of hydrogen-bond donors (Lipinski definition) is 1. The summed E-state index contributed by atoms with van der Waals surface area (Å²) >= 11 is 0. The Morgan fingerprint density at radius 2 is 2.14 bits per heavy atom. The Labute approximate surface area is 123 Å². The van der Waals surface area contributed by atoms with Crippen LogP contribution in [-0.2, 0) is 25.8 Å². The molecule has 0 aromatic heterocycles. The van der Waals surface area contributed by atoms with Gasteiger partial charge in [-0.15, -0.1) is 0 Å². The lowest BCUT2D eigenvalue weighted by Crippen LogP contribution is -2.29. The van der Waals surface area contributed by atoms with Crippen LogP contribution in [0.1, 0.15) is 32.3 Å². The minimum atomic E-state index is -0.715. The fraction of sp³-hybridized carbons (Fsp3) is 0.467. The lowest BCUT2D eigenvalue weighted by molar-refractivity contribution is -0.275. The lowest BCUT2D eigenvalue weighted by Gasteiger charge is -2.19. The van der Waals surface area contributed by atoms with Crippen LogP contribution in [0.5, 0.6) is 5.75 Å². The summed E-state index contributed by atoms with van der Waals surface area (Å²) in [7, 11) is 0. The van der Waals surface area contributed by atoms with E-state index >= 15 is 0 Å². The molecular weight excluding hydrogens is 274 g/mol. The quantitative estimate of drug-likeness (QED) is 0.643. The molecule has 1 aliphatic heterocycles. The second kappa shape index (κ2) is 7.08. The SMILES string of the molecule is CCOOC(=O)C(CC)Oc1ccc2c(c1)CCC(=O)N2. The number of amides is 1. The molecule has 1 heterocycles. The Balaban J connectivity index is 2.04. The summed E-state index contributed by atoms with van der Waals surface area (Å²) in [6, 6.07) is 5.34. The number of hydrogen-bond acceptors (Lipinski definition) is 5. The Hall–Kier alpha value is -2.08. The monoisotopic (exact) mass is 293 g/mol. The molecule has 0 spiro atoms. The highest BCUT2D eigenvalue weighted by Gasteiger charge is 2.22. The van der Waals surface area contributed by atoms with Gasteiger partial charge >= 0.3 is 5.97 Å². The van der Waals surface area contributed by atoms with E-state index in [0.29, 0.717) is 31.6 Å². The van der Waals surface area contributed by atoms with Crippen molar-refractivity contribution in [3.8, 4) is 5.75 Å². The molecule has 1 amide bonds. The third kappa shape index (κ3) is 3.95. The van der Waals surface area contributed by atoms with Gasteiger partial charge in [-0.3, -0.25) is 9.68 Å². The third-order valence-electron chi connectivity index (χ3n) is 3.14. The van der Waals surface area contributed by atoms with Gasteiger partial charge in [-0.1, -0.05) is 6.92 Å². The normalized spacial score (nSPS) is 14.9. The molecule has 0 radical (unpaired) electrons. The molecule has 1 aromatic rings. The standard InChI is InChI=1S/C15H19NO5/c1-3-13(15(18)21-19-4-2)20-11-6-7-12-10(9-11)5-8-14(17)16-12/h6-7,9,13H,3-5,8H2,1-2H3,(H,16,17). The van der Waals surface area contributed by atoms with Crippen molar-refractivity contribution in [2.24, 2.45) is 0 Å². The largest absolute Gasteiger partial charge is 0.479 e. The highest BCUT2D eigenvalue weighted by atomic mass is 17.2. The van der Waals surface area contributed by atoms with E-state index in [2.05, 4.69) is 15.1 Å². The molecule has 0 fully saturated rings. The molecule has 0 bridgehead atoms. The smallest absolute Gasteiger partial charge is 0.382 e. The first-order chi connectivity index (χ1) is 10.1. The third-order valence-corrected chi connectivity index (χ3v) is 3.14. The number of aryl methyl sites for hydroxylation is 1. The highest BCUT2D eigenvalue weighted by Crippen LogP contribution is 2.27. The molecule has 0 saturated heterocycles. The average molecular weight is 293 g/mol. The van der Waals surface area contributed by atoms with Crippen LogP contribution in [0.2, 0.25) is 0 Å². The maximum atomic E-state index is 11.7. The van der Waals surface area contributed by atoms with Gasteiger partial charge in [0.1, 0.15) is 5.75 Å². The summed E-state index contributed by atoms with van der Waals surface area (Å²) in [6.07, 6.45) is 0.881. The fourth-order valence-electron chi connectivity index (χ4n) is 2.07. The Morgan fingerprint density at radius 3 is 2.86 bits per heavy atom. The number of carbonyl (C=O) groups is 2. The van der Waals surface area contributed by atoms with E-state index in [1.807, 2.05) is 13.0 Å². The minimum absolute atomic E-state index is 0.0166. The Kier molecular flexibility index (Phi) is 5.16. The van der Waals surface area contributed by atoms with Gasteiger partial charge in [0.25, 0.3) is 0 Å². The first-order valence-corrected chi connectivity index (χ1v) is 7.06. The molecular formula is C15H19NO5. The van der Waals surface area contributed by atoms with Crippen LogP contribution < -0.4 is 10.1 Å². The Bertz CT molecular complexity index is 529. The van der Waals surface area contributed by atoms with E-state index in [1.54, 1.807) is 19.1 Å². The van der Waals surface area contributed by atoms with Crippen LogP contribution in [-0.4, -0.2) is 24.6 Å². The van der Waals surface area contributed by atoms with Gasteiger partial charge in [-0.05, 0) is 43.5 Å². The van der Waals surface area contributed by atoms with Crippen LogP contribution in [0.3, 0.4) is 0 Å². The van der Waals surface area contributed by atoms with Crippen LogP contribution in [0.25, 0.3) is 0 Å². The number of fused-ring (bicyclic) bond motifs is 1. The second-order valence-electron chi connectivity index (χ2n) is 4.69. The molecule has 2 rings (SSSR count). The molecule has 1 N–H and O–H groups in total. The number of carbonyl (C=O) groups excluding carboxylic acids is 2. The van der Waals surface area contributed by atoms with Crippen molar-refractivity contribution < 1.29 is 24.1 Å². The van der Waals surface area contributed by atoms with E-state index in [9.17, 15) is 9.59 Å². The topological polar surface area (TPSA) is 73.9 Å². The van der Waals surface area contributed by atoms with Crippen molar-refractivity contribution in [3.05, 3.63) is 23.8 Å². The van der Waals surface area contributed by atoms with Crippen molar-refractivity contribution in [3.63, 3.8) is 0 Å². The number of benzene rings is 1. The first kappa shape index (κ1) is 15.3. The van der Waals surface area contributed by atoms with E-state index in [-0.39, 0.29) is 5.91 Å². The van der Waals surface area contributed by atoms with Gasteiger partial charge in [0, 0.05) is 12.1 Å². The molecule has 6 nitrogen and oxygen atoms in total. The zero-order valence-electron chi connectivity index (χ0n) is 12.2. The van der Waals surface area contributed by atoms with Crippen LogP contribution in [0, 0.1) is 0 Å². The van der Waals surface area contributed by atoms with Crippen LogP contribution in [0.4, 0.5) is 5.69 Å². The summed E-state index contributed by atoms with van der Waals surface area (Å²) in [5, 5.41) is 2.80. The molecule has 6 heteroatoms. The van der Waals surface area contributed by atoms with Crippen LogP contribution in [0.15, 0.2) is 18.2 Å². The number of rotatable bonds is 6. The summed E-state index contributed by atoms with van der Waals surface area (Å²) < 4.78 is 5.65. The maximum absolute atomic E-state index is 11.7. The molecule has 21 heavy (non-hydrogen) atoms. The van der Waals surface area contributed by atoms with Gasteiger partial charge in [0.15, 0.2) is 6.10 Å². The summed E-state index contributed by atoms with van der Waals surface area (Å²) in [4.78, 5) is 32.3. The van der Waals surface area contributed by atoms with Crippen molar-refractivity contribution in [1.82, 2.24) is 0 Å². The summed E-state index contributed by atoms with van der Waals surface area (Å²) in [6.45, 7) is 3.85. The van der Waals surface area contributed by atoms with Gasteiger partial charge in [-0.25, -0.2) is 4.79 Å². The van der Waals surface area contributed by atoms with E-state index in [4.69, 9.17) is 4.74 Å². The van der Waals surface area contributed by atoms with Crippen molar-refractivity contribution >= 4 is 17.6 Å². The minimum Gasteiger partial charge on any atom is -0.479 e. The predicted molar refractivity (Wildman–Crippen MR) is 75.8 cm³/mol. The van der Waals surface area contributed by atoms with Crippen molar-refractivity contribution in [1.29, 1.82) is 0 Å². The van der Waals surface area contributed by atoms with Gasteiger partial charge < -0.3 is 10.1 Å². The zero-order valence-corrected chi connectivity index (χ0v) is 12.2. The molecule has 1 aliphatic rings. The first-order valence-electron chi connectivity index (χ1n) is 7.06. The number of ether oxygens (including phenoxy) is 1. The van der Waals surface area contributed by atoms with Crippen molar-refractivity contribution in [2.45, 2.75) is 39.2 Å². The van der Waals surface area contributed by atoms with Gasteiger partial charge in [0.2, 0.25) is 5.91 Å². The maximum Gasteiger partial charge on any atom is 0.382 e. The van der Waals surface area contributed by atoms with Gasteiger partial charge in [0.05, 0.1) is 6.61 Å². The summed E-state index contributed by atoms with van der Waals surface area (Å²) in [5.74, 6) is 0.0402.